The van der Waals surface area contributed by atoms with Gasteiger partial charge in [0.1, 0.15) is 6.04 Å². The number of rotatable bonds is 4. The molecule has 1 aromatic rings. The molecule has 112 valence electrons. The number of amides is 1. The lowest BCUT2D eigenvalue weighted by Gasteiger charge is -2.32. The summed E-state index contributed by atoms with van der Waals surface area (Å²) in [6.07, 6.45) is -0.161. The highest BCUT2D eigenvalue weighted by Crippen LogP contribution is 2.22. The zero-order chi connectivity index (χ0) is 15.4. The van der Waals surface area contributed by atoms with Gasteiger partial charge in [0.15, 0.2) is 0 Å². The fourth-order valence-corrected chi connectivity index (χ4v) is 3.25. The lowest BCUT2D eigenvalue weighted by Crippen LogP contribution is -2.50. The molecular weight excluding hydrogens is 296 g/mol. The Bertz CT molecular complexity index is 577. The second-order valence-corrected chi connectivity index (χ2v) is 5.73. The largest absolute Gasteiger partial charge is 0.480 e. The summed E-state index contributed by atoms with van der Waals surface area (Å²) in [5, 5.41) is 20.1. The van der Waals surface area contributed by atoms with Crippen molar-refractivity contribution in [1.82, 2.24) is 4.90 Å². The zero-order valence-corrected chi connectivity index (χ0v) is 11.9. The lowest BCUT2D eigenvalue weighted by atomic mass is 10.1. The molecule has 1 aliphatic rings. The Morgan fingerprint density at radius 3 is 2.81 bits per heavy atom. The van der Waals surface area contributed by atoms with Crippen LogP contribution < -0.4 is 0 Å². The molecule has 1 aromatic carbocycles. The number of para-hydroxylation sites is 1. The van der Waals surface area contributed by atoms with Gasteiger partial charge in [-0.3, -0.25) is 14.9 Å². The molecule has 8 heteroatoms. The minimum absolute atomic E-state index is 0.121. The third-order valence-electron chi connectivity index (χ3n) is 3.26. The SMILES string of the molecule is O=C(O)C1CSCCN1C(=O)Cc1ccccc1[N+](=O)[O-]. The number of benzene rings is 1. The van der Waals surface area contributed by atoms with Crippen LogP contribution in [0.25, 0.3) is 0 Å². The lowest BCUT2D eigenvalue weighted by molar-refractivity contribution is -0.385. The highest BCUT2D eigenvalue weighted by molar-refractivity contribution is 7.99. The first kappa shape index (κ1) is 15.3. The molecule has 0 saturated carbocycles. The Hall–Kier alpha value is -2.09. The number of aliphatic carboxylic acids is 1. The summed E-state index contributed by atoms with van der Waals surface area (Å²) in [4.78, 5) is 35.2. The van der Waals surface area contributed by atoms with Crippen LogP contribution in [-0.2, 0) is 16.0 Å². The van der Waals surface area contributed by atoms with Crippen molar-refractivity contribution in [2.45, 2.75) is 12.5 Å². The number of carbonyl (C=O) groups is 2. The molecule has 0 aliphatic carbocycles. The fraction of sp³-hybridized carbons (Fsp3) is 0.385. The minimum atomic E-state index is -1.04. The van der Waals surface area contributed by atoms with Crippen LogP contribution in [0, 0.1) is 10.1 Å². The Labute approximate surface area is 125 Å². The van der Waals surface area contributed by atoms with Gasteiger partial charge in [-0.05, 0) is 0 Å². The summed E-state index contributed by atoms with van der Waals surface area (Å²) < 4.78 is 0. The monoisotopic (exact) mass is 310 g/mol. The van der Waals surface area contributed by atoms with Gasteiger partial charge in [-0.25, -0.2) is 4.79 Å². The first-order valence-corrected chi connectivity index (χ1v) is 7.48. The van der Waals surface area contributed by atoms with E-state index in [1.54, 1.807) is 6.07 Å². The summed E-state index contributed by atoms with van der Waals surface area (Å²) >= 11 is 1.48. The number of carboxylic acid groups (broad SMARTS) is 1. The van der Waals surface area contributed by atoms with Crippen molar-refractivity contribution in [3.8, 4) is 0 Å². The molecule has 1 unspecified atom stereocenters. The third kappa shape index (κ3) is 3.52. The van der Waals surface area contributed by atoms with Crippen molar-refractivity contribution in [1.29, 1.82) is 0 Å². The maximum atomic E-state index is 12.3. The number of carbonyl (C=O) groups excluding carboxylic acids is 1. The van der Waals surface area contributed by atoms with E-state index in [2.05, 4.69) is 0 Å². The average molecular weight is 310 g/mol. The topological polar surface area (TPSA) is 101 Å². The summed E-state index contributed by atoms with van der Waals surface area (Å²) in [5.74, 6) is -0.417. The molecule has 7 nitrogen and oxygen atoms in total. The molecule has 1 saturated heterocycles. The molecule has 1 fully saturated rings. The molecule has 1 atom stereocenters. The molecule has 0 radical (unpaired) electrons. The van der Waals surface area contributed by atoms with E-state index in [9.17, 15) is 19.7 Å². The van der Waals surface area contributed by atoms with Gasteiger partial charge >= 0.3 is 5.97 Å². The van der Waals surface area contributed by atoms with Crippen LogP contribution in [0.4, 0.5) is 5.69 Å². The normalized spacial score (nSPS) is 18.3. The van der Waals surface area contributed by atoms with Crippen molar-refractivity contribution < 1.29 is 19.6 Å². The van der Waals surface area contributed by atoms with Gasteiger partial charge in [-0.1, -0.05) is 18.2 Å². The molecule has 2 rings (SSSR count). The van der Waals surface area contributed by atoms with E-state index in [0.717, 1.165) is 0 Å². The smallest absolute Gasteiger partial charge is 0.327 e. The quantitative estimate of drug-likeness (QED) is 0.661. The second-order valence-electron chi connectivity index (χ2n) is 4.58. The Morgan fingerprint density at radius 2 is 2.14 bits per heavy atom. The first-order chi connectivity index (χ1) is 10.0. The summed E-state index contributed by atoms with van der Waals surface area (Å²) in [5.41, 5.74) is 0.180. The van der Waals surface area contributed by atoms with Crippen LogP contribution >= 0.6 is 11.8 Å². The number of nitro benzene ring substituents is 1. The Morgan fingerprint density at radius 1 is 1.43 bits per heavy atom. The highest BCUT2D eigenvalue weighted by atomic mass is 32.2. The maximum absolute atomic E-state index is 12.3. The molecule has 1 aliphatic heterocycles. The number of hydrogen-bond donors (Lipinski definition) is 1. The van der Waals surface area contributed by atoms with E-state index < -0.39 is 22.8 Å². The van der Waals surface area contributed by atoms with E-state index >= 15 is 0 Å². The number of thioether (sulfide) groups is 1. The van der Waals surface area contributed by atoms with E-state index in [1.165, 1.54) is 34.9 Å². The van der Waals surface area contributed by atoms with E-state index in [-0.39, 0.29) is 12.1 Å². The van der Waals surface area contributed by atoms with Crippen LogP contribution in [0.1, 0.15) is 5.56 Å². The average Bonchev–Trinajstić information content (AvgIpc) is 2.47. The number of nitro groups is 1. The molecule has 0 spiro atoms. The second kappa shape index (κ2) is 6.57. The molecule has 0 bridgehead atoms. The van der Waals surface area contributed by atoms with Crippen molar-refractivity contribution in [2.24, 2.45) is 0 Å². The van der Waals surface area contributed by atoms with Gasteiger partial charge in [0.2, 0.25) is 5.91 Å². The first-order valence-electron chi connectivity index (χ1n) is 6.33. The fourth-order valence-electron chi connectivity index (χ4n) is 2.21. The molecule has 1 heterocycles. The van der Waals surface area contributed by atoms with Crippen LogP contribution in [0.5, 0.6) is 0 Å². The number of hydrogen-bond acceptors (Lipinski definition) is 5. The standard InChI is InChI=1S/C13H14N2O5S/c16-12(14-5-6-21-8-11(14)13(17)18)7-9-3-1-2-4-10(9)15(19)20/h1-4,11H,5-8H2,(H,17,18). The van der Waals surface area contributed by atoms with Gasteiger partial charge in [0.25, 0.3) is 5.69 Å². The third-order valence-corrected chi connectivity index (χ3v) is 4.29. The number of carboxylic acids is 1. The number of nitrogens with zero attached hydrogens (tertiary/aromatic N) is 2. The van der Waals surface area contributed by atoms with E-state index in [1.807, 2.05) is 0 Å². The van der Waals surface area contributed by atoms with E-state index in [4.69, 9.17) is 5.11 Å². The predicted octanol–water partition coefficient (Wildman–Crippen LogP) is 1.17. The van der Waals surface area contributed by atoms with Gasteiger partial charge in [-0.15, -0.1) is 0 Å². The molecule has 0 aromatic heterocycles. The summed E-state index contributed by atoms with van der Waals surface area (Å²) in [7, 11) is 0. The van der Waals surface area contributed by atoms with Gasteiger partial charge in [0.05, 0.1) is 11.3 Å². The molecule has 1 N–H and O–H groups in total. The maximum Gasteiger partial charge on any atom is 0.327 e. The summed E-state index contributed by atoms with van der Waals surface area (Å²) in [6.45, 7) is 0.348. The summed E-state index contributed by atoms with van der Waals surface area (Å²) in [6, 6.07) is 5.15. The minimum Gasteiger partial charge on any atom is -0.480 e. The zero-order valence-electron chi connectivity index (χ0n) is 11.1. The molecular formula is C13H14N2O5S. The predicted molar refractivity (Wildman–Crippen MR) is 77.3 cm³/mol. The highest BCUT2D eigenvalue weighted by Gasteiger charge is 2.32. The van der Waals surface area contributed by atoms with Gasteiger partial charge < -0.3 is 10.0 Å². The van der Waals surface area contributed by atoms with Gasteiger partial charge in [-0.2, -0.15) is 11.8 Å². The van der Waals surface area contributed by atoms with Crippen LogP contribution in [0.15, 0.2) is 24.3 Å². The molecule has 21 heavy (non-hydrogen) atoms. The molecule has 1 amide bonds. The van der Waals surface area contributed by atoms with Crippen molar-refractivity contribution in [3.63, 3.8) is 0 Å². The van der Waals surface area contributed by atoms with Crippen LogP contribution in [-0.4, -0.2) is 50.9 Å². The van der Waals surface area contributed by atoms with Gasteiger partial charge in [0, 0.05) is 29.7 Å². The van der Waals surface area contributed by atoms with Crippen LogP contribution in [0.3, 0.4) is 0 Å². The van der Waals surface area contributed by atoms with E-state index in [0.29, 0.717) is 23.6 Å². The Balaban J connectivity index is 2.17. The van der Waals surface area contributed by atoms with Crippen LogP contribution in [0.2, 0.25) is 0 Å². The van der Waals surface area contributed by atoms with Crippen molar-refractivity contribution >= 4 is 29.3 Å². The Kier molecular flexibility index (Phi) is 4.79. The van der Waals surface area contributed by atoms with Crippen molar-refractivity contribution in [2.75, 3.05) is 18.1 Å². The van der Waals surface area contributed by atoms with Crippen molar-refractivity contribution in [3.05, 3.63) is 39.9 Å².